The second kappa shape index (κ2) is 7.93. The lowest BCUT2D eigenvalue weighted by molar-refractivity contribution is 0.0861. The van der Waals surface area contributed by atoms with Gasteiger partial charge >= 0.3 is 0 Å². The Labute approximate surface area is 161 Å². The van der Waals surface area contributed by atoms with E-state index in [0.717, 1.165) is 18.4 Å². The van der Waals surface area contributed by atoms with Crippen molar-refractivity contribution in [2.24, 2.45) is 0 Å². The normalized spacial score (nSPS) is 19.5. The quantitative estimate of drug-likeness (QED) is 0.630. The van der Waals surface area contributed by atoms with Gasteiger partial charge in [-0.15, -0.1) is 5.10 Å². The summed E-state index contributed by atoms with van der Waals surface area (Å²) in [5, 5.41) is 20.2. The summed E-state index contributed by atoms with van der Waals surface area (Å²) in [4.78, 5) is 16.9. The van der Waals surface area contributed by atoms with Crippen molar-refractivity contribution in [3.05, 3.63) is 59.7 Å². The van der Waals surface area contributed by atoms with E-state index < -0.39 is 0 Å². The Balaban J connectivity index is 1.47. The predicted molar refractivity (Wildman–Crippen MR) is 102 cm³/mol. The molecule has 0 unspecified atom stereocenters. The number of anilines is 1. The number of halogens is 1. The summed E-state index contributed by atoms with van der Waals surface area (Å²) < 4.78 is 14.8. The van der Waals surface area contributed by atoms with Crippen LogP contribution >= 0.6 is 0 Å². The van der Waals surface area contributed by atoms with Gasteiger partial charge in [-0.2, -0.15) is 0 Å². The number of nitrogens with one attached hydrogen (secondary N) is 2. The van der Waals surface area contributed by atoms with Crippen molar-refractivity contribution in [2.45, 2.75) is 44.4 Å². The lowest BCUT2D eigenvalue weighted by Crippen LogP contribution is -2.39. The van der Waals surface area contributed by atoms with Crippen LogP contribution in [0.25, 0.3) is 5.65 Å². The molecular weight excluding hydrogens is 361 g/mol. The first-order chi connectivity index (χ1) is 13.6. The van der Waals surface area contributed by atoms with Crippen molar-refractivity contribution in [3.8, 4) is 0 Å². The van der Waals surface area contributed by atoms with Gasteiger partial charge < -0.3 is 15.7 Å². The number of carbonyl (C=O) groups excluding carboxylic acids is 1. The van der Waals surface area contributed by atoms with Crippen LogP contribution in [0.1, 0.15) is 41.7 Å². The molecule has 1 aromatic carbocycles. The van der Waals surface area contributed by atoms with Gasteiger partial charge in [-0.3, -0.25) is 4.79 Å². The molecular formula is C20H22FN5O2. The molecule has 0 atom stereocenters. The Morgan fingerprint density at radius 1 is 1.21 bits per heavy atom. The van der Waals surface area contributed by atoms with Crippen LogP contribution in [0, 0.1) is 5.82 Å². The number of hydrogen-bond acceptors (Lipinski definition) is 5. The first kappa shape index (κ1) is 18.4. The molecule has 2 heterocycles. The summed E-state index contributed by atoms with van der Waals surface area (Å²) in [7, 11) is 0. The fourth-order valence-electron chi connectivity index (χ4n) is 3.44. The Morgan fingerprint density at radius 2 is 2.04 bits per heavy atom. The minimum atomic E-state index is -0.286. The number of nitrogens with zero attached hydrogens (tertiary/aromatic N) is 3. The predicted octanol–water partition coefficient (Wildman–Crippen LogP) is 2.51. The molecule has 1 aliphatic rings. The zero-order chi connectivity index (χ0) is 19.5. The summed E-state index contributed by atoms with van der Waals surface area (Å²) in [5.41, 5.74) is 1.72. The standard InChI is InChI=1S/C20H22FN5O2/c21-14-3-1-2-13(10-14)11-22-18-8-9-19-23-12-17(26(19)25-18)20(28)24-15-4-6-16(27)7-5-15/h1-3,8-10,12,15-16,27H,4-7,11H2,(H,22,25)(H,24,28). The van der Waals surface area contributed by atoms with E-state index in [1.165, 1.54) is 22.8 Å². The largest absolute Gasteiger partial charge is 0.393 e. The van der Waals surface area contributed by atoms with Gasteiger partial charge in [-0.05, 0) is 55.5 Å². The van der Waals surface area contributed by atoms with Crippen LogP contribution in [0.3, 0.4) is 0 Å². The first-order valence-electron chi connectivity index (χ1n) is 9.40. The smallest absolute Gasteiger partial charge is 0.271 e. The van der Waals surface area contributed by atoms with Gasteiger partial charge in [-0.25, -0.2) is 13.9 Å². The van der Waals surface area contributed by atoms with Crippen LogP contribution in [-0.2, 0) is 6.54 Å². The summed E-state index contributed by atoms with van der Waals surface area (Å²) in [6, 6.07) is 9.94. The number of amides is 1. The summed E-state index contributed by atoms with van der Waals surface area (Å²) in [6.07, 6.45) is 4.16. The lowest BCUT2D eigenvalue weighted by atomic mass is 9.93. The Morgan fingerprint density at radius 3 is 2.82 bits per heavy atom. The minimum Gasteiger partial charge on any atom is -0.393 e. The molecule has 3 aromatic rings. The second-order valence-corrected chi connectivity index (χ2v) is 7.09. The summed E-state index contributed by atoms with van der Waals surface area (Å²) in [6.45, 7) is 0.414. The van der Waals surface area contributed by atoms with E-state index in [2.05, 4.69) is 20.7 Å². The zero-order valence-corrected chi connectivity index (χ0v) is 15.3. The van der Waals surface area contributed by atoms with E-state index in [1.54, 1.807) is 18.2 Å². The third kappa shape index (κ3) is 4.12. The van der Waals surface area contributed by atoms with Crippen molar-refractivity contribution in [3.63, 3.8) is 0 Å². The molecule has 7 nitrogen and oxygen atoms in total. The van der Waals surface area contributed by atoms with Gasteiger partial charge in [0.2, 0.25) is 0 Å². The molecule has 4 rings (SSSR count). The molecule has 146 valence electrons. The highest BCUT2D eigenvalue weighted by molar-refractivity contribution is 5.93. The van der Waals surface area contributed by atoms with Crippen LogP contribution in [0.2, 0.25) is 0 Å². The summed E-state index contributed by atoms with van der Waals surface area (Å²) in [5.74, 6) is 0.0415. The molecule has 0 saturated heterocycles. The van der Waals surface area contributed by atoms with Gasteiger partial charge in [0.05, 0.1) is 12.3 Å². The number of hydrogen-bond donors (Lipinski definition) is 3. The van der Waals surface area contributed by atoms with Gasteiger partial charge in [-0.1, -0.05) is 12.1 Å². The maximum absolute atomic E-state index is 13.3. The molecule has 1 aliphatic carbocycles. The molecule has 2 aromatic heterocycles. The number of aliphatic hydroxyl groups excluding tert-OH is 1. The third-order valence-corrected chi connectivity index (χ3v) is 4.99. The maximum Gasteiger partial charge on any atom is 0.271 e. The van der Waals surface area contributed by atoms with Gasteiger partial charge in [0.1, 0.15) is 11.6 Å². The SMILES string of the molecule is O=C(NC1CCC(O)CC1)c1cnc2ccc(NCc3cccc(F)c3)nn12. The Kier molecular flexibility index (Phi) is 5.21. The molecule has 28 heavy (non-hydrogen) atoms. The zero-order valence-electron chi connectivity index (χ0n) is 15.3. The van der Waals surface area contributed by atoms with E-state index in [-0.39, 0.29) is 23.9 Å². The maximum atomic E-state index is 13.3. The molecule has 0 radical (unpaired) electrons. The van der Waals surface area contributed by atoms with Crippen LogP contribution in [0.15, 0.2) is 42.6 Å². The molecule has 3 N–H and O–H groups in total. The van der Waals surface area contributed by atoms with Crippen molar-refractivity contribution in [2.75, 3.05) is 5.32 Å². The van der Waals surface area contributed by atoms with E-state index in [9.17, 15) is 14.3 Å². The molecule has 1 amide bonds. The fourth-order valence-corrected chi connectivity index (χ4v) is 3.44. The number of imidazole rings is 1. The van der Waals surface area contributed by atoms with Crippen molar-refractivity contribution in [1.29, 1.82) is 0 Å². The highest BCUT2D eigenvalue weighted by atomic mass is 19.1. The lowest BCUT2D eigenvalue weighted by Gasteiger charge is -2.25. The number of aliphatic hydroxyl groups is 1. The van der Waals surface area contributed by atoms with Gasteiger partial charge in [0.25, 0.3) is 5.91 Å². The van der Waals surface area contributed by atoms with E-state index >= 15 is 0 Å². The van der Waals surface area contributed by atoms with Crippen LogP contribution in [0.5, 0.6) is 0 Å². The van der Waals surface area contributed by atoms with Crippen molar-refractivity contribution < 1.29 is 14.3 Å². The van der Waals surface area contributed by atoms with Crippen molar-refractivity contribution in [1.82, 2.24) is 19.9 Å². The number of rotatable bonds is 5. The monoisotopic (exact) mass is 383 g/mol. The third-order valence-electron chi connectivity index (χ3n) is 4.99. The number of carbonyl (C=O) groups is 1. The van der Waals surface area contributed by atoms with Crippen LogP contribution in [-0.4, -0.2) is 37.8 Å². The molecule has 0 aliphatic heterocycles. The van der Waals surface area contributed by atoms with E-state index in [0.29, 0.717) is 36.5 Å². The molecule has 1 fully saturated rings. The highest BCUT2D eigenvalue weighted by Crippen LogP contribution is 2.19. The fraction of sp³-hybridized carbons (Fsp3) is 0.350. The van der Waals surface area contributed by atoms with E-state index in [1.807, 2.05) is 6.07 Å². The number of aromatic nitrogens is 3. The molecule has 1 saturated carbocycles. The average molecular weight is 383 g/mol. The number of fused-ring (bicyclic) bond motifs is 1. The van der Waals surface area contributed by atoms with Crippen LogP contribution in [0.4, 0.5) is 10.2 Å². The Bertz CT molecular complexity index is 982. The first-order valence-corrected chi connectivity index (χ1v) is 9.40. The van der Waals surface area contributed by atoms with E-state index in [4.69, 9.17) is 0 Å². The van der Waals surface area contributed by atoms with Gasteiger partial charge in [0.15, 0.2) is 11.3 Å². The highest BCUT2D eigenvalue weighted by Gasteiger charge is 2.23. The minimum absolute atomic E-state index is 0.0516. The molecule has 0 spiro atoms. The average Bonchev–Trinajstić information content (AvgIpc) is 3.11. The summed E-state index contributed by atoms with van der Waals surface area (Å²) >= 11 is 0. The van der Waals surface area contributed by atoms with Crippen LogP contribution < -0.4 is 10.6 Å². The molecule has 8 heteroatoms. The second-order valence-electron chi connectivity index (χ2n) is 7.09. The Hall–Kier alpha value is -3.00. The van der Waals surface area contributed by atoms with Gasteiger partial charge in [0, 0.05) is 12.6 Å². The molecule has 0 bridgehead atoms. The van der Waals surface area contributed by atoms with Crippen molar-refractivity contribution >= 4 is 17.4 Å². The number of benzene rings is 1. The topological polar surface area (TPSA) is 91.5 Å².